The predicted octanol–water partition coefficient (Wildman–Crippen LogP) is 4.48. The standard InChI is InChI=1S/C16H16Br2ClN3O3/c17-10-7-12(18)15(13(8-10)21-23)25-9-11-14(1-2-20-16(11)19)22-3-5-24-6-4-22/h1-2,7-8,21,23H,3-6,9H2. The first kappa shape index (κ1) is 18.7. The van der Waals surface area contributed by atoms with Crippen LogP contribution in [0.2, 0.25) is 5.15 Å². The van der Waals surface area contributed by atoms with Crippen molar-refractivity contribution < 1.29 is 14.7 Å². The molecule has 6 nitrogen and oxygen atoms in total. The minimum Gasteiger partial charge on any atom is -0.485 e. The van der Waals surface area contributed by atoms with E-state index in [0.717, 1.165) is 28.8 Å². The first-order chi connectivity index (χ1) is 12.1. The summed E-state index contributed by atoms with van der Waals surface area (Å²) in [6, 6.07) is 5.48. The monoisotopic (exact) mass is 491 g/mol. The molecular formula is C16H16Br2ClN3O3. The third-order valence-corrected chi connectivity index (χ3v) is 5.19. The number of hydrogen-bond donors (Lipinski definition) is 2. The van der Waals surface area contributed by atoms with Gasteiger partial charge in [0.25, 0.3) is 0 Å². The molecular weight excluding hydrogens is 477 g/mol. The number of nitrogens with zero attached hydrogens (tertiary/aromatic N) is 2. The Balaban J connectivity index is 1.86. The lowest BCUT2D eigenvalue weighted by molar-refractivity contribution is 0.122. The summed E-state index contributed by atoms with van der Waals surface area (Å²) in [5.74, 6) is 0.485. The van der Waals surface area contributed by atoms with Crippen LogP contribution >= 0.6 is 43.5 Å². The van der Waals surface area contributed by atoms with Crippen molar-refractivity contribution in [3.63, 3.8) is 0 Å². The first-order valence-electron chi connectivity index (χ1n) is 7.58. The number of hydrogen-bond acceptors (Lipinski definition) is 6. The van der Waals surface area contributed by atoms with Crippen LogP contribution in [0.5, 0.6) is 5.75 Å². The molecule has 1 aliphatic heterocycles. The normalized spacial score (nSPS) is 14.5. The highest BCUT2D eigenvalue weighted by molar-refractivity contribution is 9.11. The number of rotatable bonds is 5. The molecule has 0 amide bonds. The summed E-state index contributed by atoms with van der Waals surface area (Å²) >= 11 is 13.1. The average Bonchev–Trinajstić information content (AvgIpc) is 2.62. The van der Waals surface area contributed by atoms with Gasteiger partial charge in [-0.05, 0) is 34.1 Å². The van der Waals surface area contributed by atoms with Gasteiger partial charge in [0.15, 0.2) is 5.75 Å². The van der Waals surface area contributed by atoms with Crippen molar-refractivity contribution in [1.82, 2.24) is 4.98 Å². The van der Waals surface area contributed by atoms with Crippen LogP contribution in [0.4, 0.5) is 11.4 Å². The van der Waals surface area contributed by atoms with Crippen LogP contribution in [0.1, 0.15) is 5.56 Å². The number of morpholine rings is 1. The van der Waals surface area contributed by atoms with E-state index in [2.05, 4.69) is 47.2 Å². The van der Waals surface area contributed by atoms with Crippen LogP contribution in [0.25, 0.3) is 0 Å². The second-order valence-electron chi connectivity index (χ2n) is 5.36. The lowest BCUT2D eigenvalue weighted by atomic mass is 10.2. The molecule has 0 atom stereocenters. The van der Waals surface area contributed by atoms with E-state index in [0.29, 0.717) is 34.3 Å². The number of nitrogens with one attached hydrogen (secondary N) is 1. The number of benzene rings is 1. The van der Waals surface area contributed by atoms with Crippen LogP contribution in [-0.2, 0) is 11.3 Å². The summed E-state index contributed by atoms with van der Waals surface area (Å²) in [6.07, 6.45) is 1.69. The minimum absolute atomic E-state index is 0.217. The molecule has 25 heavy (non-hydrogen) atoms. The van der Waals surface area contributed by atoms with Gasteiger partial charge in [0, 0.05) is 29.4 Å². The molecule has 1 aromatic carbocycles. The van der Waals surface area contributed by atoms with Crippen LogP contribution in [0.3, 0.4) is 0 Å². The zero-order valence-electron chi connectivity index (χ0n) is 13.1. The van der Waals surface area contributed by atoms with E-state index < -0.39 is 0 Å². The molecule has 2 aromatic rings. The molecule has 0 aliphatic carbocycles. The molecule has 2 heterocycles. The van der Waals surface area contributed by atoms with Gasteiger partial charge in [-0.1, -0.05) is 27.5 Å². The third kappa shape index (κ3) is 4.38. The van der Waals surface area contributed by atoms with Crippen LogP contribution in [0, 0.1) is 0 Å². The van der Waals surface area contributed by atoms with Gasteiger partial charge in [-0.15, -0.1) is 0 Å². The lowest BCUT2D eigenvalue weighted by Crippen LogP contribution is -2.37. The molecule has 3 rings (SSSR count). The quantitative estimate of drug-likeness (QED) is 0.473. The smallest absolute Gasteiger partial charge is 0.159 e. The van der Waals surface area contributed by atoms with E-state index in [1.165, 1.54) is 0 Å². The Bertz CT molecular complexity index is 758. The fourth-order valence-electron chi connectivity index (χ4n) is 2.63. The predicted molar refractivity (Wildman–Crippen MR) is 104 cm³/mol. The third-order valence-electron chi connectivity index (χ3n) is 3.82. The lowest BCUT2D eigenvalue weighted by Gasteiger charge is -2.30. The Kier molecular flexibility index (Phi) is 6.40. The van der Waals surface area contributed by atoms with Crippen molar-refractivity contribution in [2.24, 2.45) is 0 Å². The molecule has 0 saturated carbocycles. The molecule has 1 aromatic heterocycles. The zero-order valence-corrected chi connectivity index (χ0v) is 17.1. The van der Waals surface area contributed by atoms with Crippen LogP contribution in [0.15, 0.2) is 33.3 Å². The number of aromatic nitrogens is 1. The fourth-order valence-corrected chi connectivity index (χ4v) is 4.17. The molecule has 9 heteroatoms. The van der Waals surface area contributed by atoms with Gasteiger partial charge in [0.1, 0.15) is 17.4 Å². The highest BCUT2D eigenvalue weighted by atomic mass is 79.9. The van der Waals surface area contributed by atoms with Crippen LogP contribution < -0.4 is 15.1 Å². The highest BCUT2D eigenvalue weighted by Crippen LogP contribution is 2.38. The zero-order chi connectivity index (χ0) is 17.8. The Morgan fingerprint density at radius 2 is 2.08 bits per heavy atom. The molecule has 2 N–H and O–H groups in total. The van der Waals surface area contributed by atoms with Gasteiger partial charge >= 0.3 is 0 Å². The average molecular weight is 494 g/mol. The molecule has 0 unspecified atom stereocenters. The van der Waals surface area contributed by atoms with Gasteiger partial charge in [-0.3, -0.25) is 10.7 Å². The Hall–Kier alpha value is -1.06. The second kappa shape index (κ2) is 8.55. The summed E-state index contributed by atoms with van der Waals surface area (Å²) < 4.78 is 12.9. The van der Waals surface area contributed by atoms with Gasteiger partial charge in [-0.2, -0.15) is 0 Å². The number of anilines is 2. The minimum atomic E-state index is 0.217. The van der Waals surface area contributed by atoms with Crippen molar-refractivity contribution >= 4 is 54.8 Å². The molecule has 0 radical (unpaired) electrons. The molecule has 0 bridgehead atoms. The summed E-state index contributed by atoms with van der Waals surface area (Å²) in [7, 11) is 0. The van der Waals surface area contributed by atoms with E-state index in [1.54, 1.807) is 12.3 Å². The van der Waals surface area contributed by atoms with E-state index in [4.69, 9.17) is 21.1 Å². The molecule has 0 spiro atoms. The number of pyridine rings is 1. The van der Waals surface area contributed by atoms with E-state index in [-0.39, 0.29) is 6.61 Å². The maximum absolute atomic E-state index is 9.35. The Labute approximate surface area is 167 Å². The van der Waals surface area contributed by atoms with Gasteiger partial charge in [0.2, 0.25) is 0 Å². The Morgan fingerprint density at radius 1 is 1.32 bits per heavy atom. The topological polar surface area (TPSA) is 66.8 Å². The maximum Gasteiger partial charge on any atom is 0.159 e. The van der Waals surface area contributed by atoms with E-state index in [9.17, 15) is 5.21 Å². The van der Waals surface area contributed by atoms with Gasteiger partial charge < -0.3 is 14.4 Å². The van der Waals surface area contributed by atoms with Crippen molar-refractivity contribution in [3.05, 3.63) is 44.1 Å². The second-order valence-corrected chi connectivity index (χ2v) is 7.49. The summed E-state index contributed by atoms with van der Waals surface area (Å²) in [6.45, 7) is 3.15. The molecule has 1 aliphatic rings. The SMILES string of the molecule is ONc1cc(Br)cc(Br)c1OCc1c(N2CCOCC2)ccnc1Cl. The maximum atomic E-state index is 9.35. The molecule has 1 saturated heterocycles. The first-order valence-corrected chi connectivity index (χ1v) is 9.54. The van der Waals surface area contributed by atoms with Gasteiger partial charge in [0.05, 0.1) is 23.2 Å². The Morgan fingerprint density at radius 3 is 2.80 bits per heavy atom. The van der Waals surface area contributed by atoms with Crippen LogP contribution in [-0.4, -0.2) is 36.5 Å². The molecule has 134 valence electrons. The summed E-state index contributed by atoms with van der Waals surface area (Å²) in [5.41, 5.74) is 4.36. The largest absolute Gasteiger partial charge is 0.485 e. The number of ether oxygens (including phenoxy) is 2. The van der Waals surface area contributed by atoms with Crippen molar-refractivity contribution in [1.29, 1.82) is 0 Å². The van der Waals surface area contributed by atoms with Crippen molar-refractivity contribution in [2.45, 2.75) is 6.61 Å². The van der Waals surface area contributed by atoms with E-state index >= 15 is 0 Å². The summed E-state index contributed by atoms with van der Waals surface area (Å²) in [5, 5.41) is 9.74. The number of halogens is 3. The highest BCUT2D eigenvalue weighted by Gasteiger charge is 2.19. The fraction of sp³-hybridized carbons (Fsp3) is 0.312. The molecule has 1 fully saturated rings. The van der Waals surface area contributed by atoms with E-state index in [1.807, 2.05) is 12.1 Å². The summed E-state index contributed by atoms with van der Waals surface area (Å²) in [4.78, 5) is 6.38. The van der Waals surface area contributed by atoms with Crippen molar-refractivity contribution in [3.8, 4) is 5.75 Å². The van der Waals surface area contributed by atoms with Gasteiger partial charge in [-0.25, -0.2) is 4.98 Å². The van der Waals surface area contributed by atoms with Crippen molar-refractivity contribution in [2.75, 3.05) is 36.7 Å².